The van der Waals surface area contributed by atoms with E-state index in [1.54, 1.807) is 12.3 Å². The lowest BCUT2D eigenvalue weighted by Gasteiger charge is -2.06. The van der Waals surface area contributed by atoms with Crippen LogP contribution in [-0.2, 0) is 6.54 Å². The van der Waals surface area contributed by atoms with Gasteiger partial charge < -0.3 is 9.97 Å². The van der Waals surface area contributed by atoms with E-state index >= 15 is 0 Å². The summed E-state index contributed by atoms with van der Waals surface area (Å²) in [6, 6.07) is 4.98. The van der Waals surface area contributed by atoms with E-state index in [0.717, 1.165) is 23.6 Å². The molecule has 0 aliphatic heterocycles. The van der Waals surface area contributed by atoms with Crippen LogP contribution in [0.2, 0.25) is 0 Å². The van der Waals surface area contributed by atoms with Crippen molar-refractivity contribution in [3.63, 3.8) is 0 Å². The highest BCUT2D eigenvalue weighted by Gasteiger charge is 2.14. The molecule has 0 aliphatic rings. The number of pyridine rings is 1. The molecule has 4 aromatic rings. The predicted octanol–water partition coefficient (Wildman–Crippen LogP) is 2.53. The second-order valence-electron chi connectivity index (χ2n) is 5.01. The Kier molecular flexibility index (Phi) is 2.62. The molecule has 0 amide bonds. The van der Waals surface area contributed by atoms with Crippen molar-refractivity contribution in [3.05, 3.63) is 64.3 Å². The molecule has 22 heavy (non-hydrogen) atoms. The summed E-state index contributed by atoms with van der Waals surface area (Å²) in [5, 5.41) is 0.743. The molecular formula is C15H10F2N4O. The Labute approximate surface area is 122 Å². The maximum atomic E-state index is 13.8. The van der Waals surface area contributed by atoms with Gasteiger partial charge in [0.05, 0.1) is 23.8 Å². The van der Waals surface area contributed by atoms with Crippen molar-refractivity contribution < 1.29 is 8.78 Å². The summed E-state index contributed by atoms with van der Waals surface area (Å²) in [5.41, 5.74) is 1.51. The van der Waals surface area contributed by atoms with E-state index in [9.17, 15) is 13.6 Å². The van der Waals surface area contributed by atoms with Crippen LogP contribution >= 0.6 is 0 Å². The van der Waals surface area contributed by atoms with Crippen molar-refractivity contribution in [2.24, 2.45) is 0 Å². The molecule has 1 aromatic carbocycles. The van der Waals surface area contributed by atoms with Crippen molar-refractivity contribution in [2.45, 2.75) is 6.54 Å². The second-order valence-corrected chi connectivity index (χ2v) is 5.01. The topological polar surface area (TPSA) is 66.5 Å². The molecule has 0 bridgehead atoms. The van der Waals surface area contributed by atoms with Gasteiger partial charge in [-0.1, -0.05) is 0 Å². The zero-order valence-electron chi connectivity index (χ0n) is 11.2. The lowest BCUT2D eigenvalue weighted by atomic mass is 10.2. The Morgan fingerprint density at radius 2 is 2.09 bits per heavy atom. The largest absolute Gasteiger partial charge is 0.346 e. The van der Waals surface area contributed by atoms with Gasteiger partial charge >= 0.3 is 5.69 Å². The SMILES string of the molecule is O=c1[nH]c2cnc3[nH]ccc3c2n1Cc1cc(F)ccc1F. The molecule has 2 N–H and O–H groups in total. The Balaban J connectivity index is 1.98. The zero-order chi connectivity index (χ0) is 15.3. The fraction of sp³-hybridized carbons (Fsp3) is 0.0667. The van der Waals surface area contributed by atoms with Crippen molar-refractivity contribution in [1.29, 1.82) is 0 Å². The van der Waals surface area contributed by atoms with E-state index in [4.69, 9.17) is 0 Å². The van der Waals surface area contributed by atoms with Crippen LogP contribution in [0.3, 0.4) is 0 Å². The van der Waals surface area contributed by atoms with Gasteiger partial charge in [-0.15, -0.1) is 0 Å². The fourth-order valence-corrected chi connectivity index (χ4v) is 2.65. The van der Waals surface area contributed by atoms with E-state index in [-0.39, 0.29) is 12.1 Å². The van der Waals surface area contributed by atoms with E-state index in [1.165, 1.54) is 10.8 Å². The maximum Gasteiger partial charge on any atom is 0.326 e. The lowest BCUT2D eigenvalue weighted by Crippen LogP contribution is -2.18. The van der Waals surface area contributed by atoms with Crippen LogP contribution in [0.15, 0.2) is 41.5 Å². The zero-order valence-corrected chi connectivity index (χ0v) is 11.2. The quantitative estimate of drug-likeness (QED) is 0.597. The van der Waals surface area contributed by atoms with E-state index in [0.29, 0.717) is 16.7 Å². The van der Waals surface area contributed by atoms with Crippen LogP contribution in [0, 0.1) is 11.6 Å². The van der Waals surface area contributed by atoms with Gasteiger partial charge in [0.1, 0.15) is 17.3 Å². The molecule has 3 heterocycles. The standard InChI is InChI=1S/C15H10F2N4O/c16-9-1-2-11(17)8(5-9)7-21-13-10-3-4-18-14(10)19-6-12(13)20-15(21)22/h1-6H,7H2,(H,18,19)(H,20,22). The number of hydrogen-bond donors (Lipinski definition) is 2. The second kappa shape index (κ2) is 4.52. The summed E-state index contributed by atoms with van der Waals surface area (Å²) >= 11 is 0. The molecule has 0 saturated heterocycles. The molecule has 0 aliphatic carbocycles. The van der Waals surface area contributed by atoms with Crippen LogP contribution in [0.25, 0.3) is 22.1 Å². The number of imidazole rings is 1. The molecule has 0 atom stereocenters. The van der Waals surface area contributed by atoms with Crippen molar-refractivity contribution in [1.82, 2.24) is 19.5 Å². The third-order valence-electron chi connectivity index (χ3n) is 3.65. The highest BCUT2D eigenvalue weighted by Crippen LogP contribution is 2.22. The van der Waals surface area contributed by atoms with Crippen molar-refractivity contribution >= 4 is 22.1 Å². The first kappa shape index (κ1) is 12.8. The first-order chi connectivity index (χ1) is 10.6. The Morgan fingerprint density at radius 1 is 1.23 bits per heavy atom. The molecule has 110 valence electrons. The first-order valence-corrected chi connectivity index (χ1v) is 6.62. The number of rotatable bonds is 2. The number of benzene rings is 1. The maximum absolute atomic E-state index is 13.8. The number of halogens is 2. The van der Waals surface area contributed by atoms with Gasteiger partial charge in [0.25, 0.3) is 0 Å². The number of aromatic nitrogens is 4. The predicted molar refractivity (Wildman–Crippen MR) is 77.7 cm³/mol. The van der Waals surface area contributed by atoms with Crippen molar-refractivity contribution in [2.75, 3.05) is 0 Å². The molecule has 7 heteroatoms. The van der Waals surface area contributed by atoms with Crippen LogP contribution < -0.4 is 5.69 Å². The monoisotopic (exact) mass is 300 g/mol. The number of aromatic amines is 2. The summed E-state index contributed by atoms with van der Waals surface area (Å²) in [4.78, 5) is 22.0. The normalized spacial score (nSPS) is 11.5. The smallest absolute Gasteiger partial charge is 0.326 e. The van der Waals surface area contributed by atoms with Gasteiger partial charge in [-0.05, 0) is 24.3 Å². The Morgan fingerprint density at radius 3 is 2.95 bits per heavy atom. The minimum absolute atomic E-state index is 0.0628. The molecular weight excluding hydrogens is 290 g/mol. The van der Waals surface area contributed by atoms with Gasteiger partial charge in [0, 0.05) is 17.1 Å². The third-order valence-corrected chi connectivity index (χ3v) is 3.65. The molecule has 0 spiro atoms. The van der Waals surface area contributed by atoms with E-state index in [1.807, 2.05) is 0 Å². The van der Waals surface area contributed by atoms with Gasteiger partial charge in [0.2, 0.25) is 0 Å². The fourth-order valence-electron chi connectivity index (χ4n) is 2.65. The van der Waals surface area contributed by atoms with Gasteiger partial charge in [-0.3, -0.25) is 4.57 Å². The van der Waals surface area contributed by atoms with Gasteiger partial charge in [-0.2, -0.15) is 0 Å². The molecule has 5 nitrogen and oxygen atoms in total. The average Bonchev–Trinajstić information content (AvgIpc) is 3.07. The molecule has 0 fully saturated rings. The van der Waals surface area contributed by atoms with Crippen LogP contribution in [0.1, 0.15) is 5.56 Å². The highest BCUT2D eigenvalue weighted by molar-refractivity contribution is 6.00. The number of nitrogens with zero attached hydrogens (tertiary/aromatic N) is 2. The lowest BCUT2D eigenvalue weighted by molar-refractivity contribution is 0.577. The van der Waals surface area contributed by atoms with Crippen molar-refractivity contribution in [3.8, 4) is 0 Å². The van der Waals surface area contributed by atoms with E-state index in [2.05, 4.69) is 15.0 Å². The third kappa shape index (κ3) is 1.82. The minimum Gasteiger partial charge on any atom is -0.346 e. The van der Waals surface area contributed by atoms with Gasteiger partial charge in [0.15, 0.2) is 0 Å². The minimum atomic E-state index is -0.554. The summed E-state index contributed by atoms with van der Waals surface area (Å²) in [5.74, 6) is -1.10. The molecule has 4 rings (SSSR count). The average molecular weight is 300 g/mol. The molecule has 0 unspecified atom stereocenters. The number of hydrogen-bond acceptors (Lipinski definition) is 2. The number of H-pyrrole nitrogens is 2. The highest BCUT2D eigenvalue weighted by atomic mass is 19.1. The summed E-state index contributed by atoms with van der Waals surface area (Å²) in [6.07, 6.45) is 3.25. The van der Waals surface area contributed by atoms with Crippen LogP contribution in [-0.4, -0.2) is 19.5 Å². The van der Waals surface area contributed by atoms with Crippen LogP contribution in [0.5, 0.6) is 0 Å². The Hall–Kier alpha value is -2.96. The molecule has 0 radical (unpaired) electrons. The number of fused-ring (bicyclic) bond motifs is 3. The summed E-state index contributed by atoms with van der Waals surface area (Å²) in [6.45, 7) is -0.0628. The van der Waals surface area contributed by atoms with Crippen LogP contribution in [0.4, 0.5) is 8.78 Å². The molecule has 0 saturated carbocycles. The Bertz CT molecular complexity index is 1060. The summed E-state index contributed by atoms with van der Waals surface area (Å²) < 4.78 is 28.5. The van der Waals surface area contributed by atoms with Gasteiger partial charge in [-0.25, -0.2) is 18.6 Å². The number of nitrogens with one attached hydrogen (secondary N) is 2. The molecule has 3 aromatic heterocycles. The van der Waals surface area contributed by atoms with E-state index < -0.39 is 17.3 Å². The first-order valence-electron chi connectivity index (χ1n) is 6.62. The summed E-state index contributed by atoms with van der Waals surface area (Å²) in [7, 11) is 0.